The highest BCUT2D eigenvalue weighted by Gasteiger charge is 2.30. The smallest absolute Gasteiger partial charge is 0.228 e. The fourth-order valence-electron chi connectivity index (χ4n) is 3.20. The number of fused-ring (bicyclic) bond motifs is 1. The van der Waals surface area contributed by atoms with Crippen LogP contribution in [0.5, 0.6) is 0 Å². The highest BCUT2D eigenvalue weighted by Crippen LogP contribution is 2.33. The molecule has 0 atom stereocenters. The summed E-state index contributed by atoms with van der Waals surface area (Å²) in [6.45, 7) is 3.03. The van der Waals surface area contributed by atoms with Crippen LogP contribution in [-0.4, -0.2) is 27.5 Å². The Morgan fingerprint density at radius 2 is 2.00 bits per heavy atom. The maximum atomic E-state index is 12.2. The van der Waals surface area contributed by atoms with Crippen LogP contribution in [0.25, 0.3) is 22.2 Å². The standard InChI is InChI=1S/C22H25N5OS/c1-2-3-11-24-22(29)25-16-8-6-14(7-9-16)18-13-19(27-21(28)15-4-5-15)26-20-17(18)10-12-23-20/h6-10,12-13,15H,2-5,11H2,1H3,(H2,24,25,29)(H2,23,26,27,28). The largest absolute Gasteiger partial charge is 0.362 e. The Hall–Kier alpha value is -2.93. The summed E-state index contributed by atoms with van der Waals surface area (Å²) in [4.78, 5) is 19.8. The van der Waals surface area contributed by atoms with E-state index >= 15 is 0 Å². The molecule has 1 saturated carbocycles. The van der Waals surface area contributed by atoms with Crippen LogP contribution in [0.3, 0.4) is 0 Å². The highest BCUT2D eigenvalue weighted by atomic mass is 32.1. The van der Waals surface area contributed by atoms with Crippen molar-refractivity contribution in [2.24, 2.45) is 5.92 Å². The molecule has 1 aliphatic rings. The molecule has 1 aliphatic carbocycles. The van der Waals surface area contributed by atoms with Crippen molar-refractivity contribution in [1.29, 1.82) is 0 Å². The zero-order valence-corrected chi connectivity index (χ0v) is 17.2. The van der Waals surface area contributed by atoms with Gasteiger partial charge in [0.2, 0.25) is 5.91 Å². The number of H-pyrrole nitrogens is 1. The lowest BCUT2D eigenvalue weighted by molar-refractivity contribution is -0.117. The van der Waals surface area contributed by atoms with E-state index in [1.165, 1.54) is 0 Å². The molecule has 0 bridgehead atoms. The molecule has 0 spiro atoms. The van der Waals surface area contributed by atoms with Crippen LogP contribution in [0.2, 0.25) is 0 Å². The number of carbonyl (C=O) groups excluding carboxylic acids is 1. The van der Waals surface area contributed by atoms with Crippen molar-refractivity contribution in [2.75, 3.05) is 17.2 Å². The second-order valence-corrected chi connectivity index (χ2v) is 7.78. The Kier molecular flexibility index (Phi) is 5.76. The molecule has 0 aliphatic heterocycles. The monoisotopic (exact) mass is 407 g/mol. The van der Waals surface area contributed by atoms with Crippen LogP contribution in [0.4, 0.5) is 11.5 Å². The molecule has 7 heteroatoms. The van der Waals surface area contributed by atoms with Gasteiger partial charge in [0.1, 0.15) is 11.5 Å². The van der Waals surface area contributed by atoms with Gasteiger partial charge in [-0.2, -0.15) is 0 Å². The van der Waals surface area contributed by atoms with Gasteiger partial charge in [0.05, 0.1) is 0 Å². The molecule has 1 amide bonds. The second-order valence-electron chi connectivity index (χ2n) is 7.37. The Morgan fingerprint density at radius 3 is 2.72 bits per heavy atom. The van der Waals surface area contributed by atoms with E-state index in [4.69, 9.17) is 12.2 Å². The summed E-state index contributed by atoms with van der Waals surface area (Å²) in [7, 11) is 0. The fraction of sp³-hybridized carbons (Fsp3) is 0.318. The van der Waals surface area contributed by atoms with Gasteiger partial charge in [-0.05, 0) is 66.9 Å². The Morgan fingerprint density at radius 1 is 1.21 bits per heavy atom. The lowest BCUT2D eigenvalue weighted by Gasteiger charge is -2.12. The summed E-state index contributed by atoms with van der Waals surface area (Å²) in [6.07, 6.45) is 6.02. The van der Waals surface area contributed by atoms with E-state index in [2.05, 4.69) is 32.8 Å². The minimum absolute atomic E-state index is 0.0537. The summed E-state index contributed by atoms with van der Waals surface area (Å²) in [6, 6.07) is 12.0. The van der Waals surface area contributed by atoms with E-state index in [1.54, 1.807) is 0 Å². The summed E-state index contributed by atoms with van der Waals surface area (Å²) < 4.78 is 0. The predicted molar refractivity (Wildman–Crippen MR) is 122 cm³/mol. The number of amides is 1. The number of unbranched alkanes of at least 4 members (excludes halogenated alkanes) is 1. The molecule has 0 saturated heterocycles. The number of aromatic amines is 1. The van der Waals surface area contributed by atoms with E-state index in [0.29, 0.717) is 10.9 Å². The van der Waals surface area contributed by atoms with Crippen LogP contribution < -0.4 is 16.0 Å². The van der Waals surface area contributed by atoms with Crippen molar-refractivity contribution in [3.63, 3.8) is 0 Å². The van der Waals surface area contributed by atoms with E-state index in [0.717, 1.165) is 60.1 Å². The average molecular weight is 408 g/mol. The minimum Gasteiger partial charge on any atom is -0.362 e. The van der Waals surface area contributed by atoms with Gasteiger partial charge in [0, 0.05) is 29.7 Å². The zero-order chi connectivity index (χ0) is 20.2. The number of nitrogens with zero attached hydrogens (tertiary/aromatic N) is 1. The van der Waals surface area contributed by atoms with Gasteiger partial charge >= 0.3 is 0 Å². The Labute approximate surface area is 175 Å². The Balaban J connectivity index is 1.53. The highest BCUT2D eigenvalue weighted by molar-refractivity contribution is 7.80. The third-order valence-electron chi connectivity index (χ3n) is 5.00. The SMILES string of the molecule is CCCCNC(=S)Nc1ccc(-c2cc(NC(=O)C3CC3)nc3[nH]ccc23)cc1. The first-order chi connectivity index (χ1) is 14.1. The number of benzene rings is 1. The lowest BCUT2D eigenvalue weighted by atomic mass is 10.0. The van der Waals surface area contributed by atoms with Gasteiger partial charge in [-0.3, -0.25) is 4.79 Å². The maximum absolute atomic E-state index is 12.2. The lowest BCUT2D eigenvalue weighted by Crippen LogP contribution is -2.29. The van der Waals surface area contributed by atoms with Crippen LogP contribution in [-0.2, 0) is 4.79 Å². The number of carbonyl (C=O) groups is 1. The predicted octanol–water partition coefficient (Wildman–Crippen LogP) is 4.66. The van der Waals surface area contributed by atoms with E-state index < -0.39 is 0 Å². The van der Waals surface area contributed by atoms with Gasteiger partial charge in [-0.25, -0.2) is 4.98 Å². The van der Waals surface area contributed by atoms with Gasteiger partial charge in [0.25, 0.3) is 0 Å². The molecule has 0 unspecified atom stereocenters. The topological polar surface area (TPSA) is 81.8 Å². The second kappa shape index (κ2) is 8.61. The molecular formula is C22H25N5OS. The van der Waals surface area contributed by atoms with Crippen LogP contribution in [0.1, 0.15) is 32.6 Å². The molecule has 2 heterocycles. The number of pyridine rings is 1. The third kappa shape index (κ3) is 4.74. The summed E-state index contributed by atoms with van der Waals surface area (Å²) in [5.41, 5.74) is 3.77. The molecule has 150 valence electrons. The quantitative estimate of drug-likeness (QED) is 0.338. The van der Waals surface area contributed by atoms with Crippen molar-refractivity contribution in [2.45, 2.75) is 32.6 Å². The van der Waals surface area contributed by atoms with Gasteiger partial charge in [0.15, 0.2) is 5.11 Å². The van der Waals surface area contributed by atoms with E-state index in [-0.39, 0.29) is 11.8 Å². The summed E-state index contributed by atoms with van der Waals surface area (Å²) in [5, 5.41) is 11.0. The van der Waals surface area contributed by atoms with Crippen molar-refractivity contribution >= 4 is 45.8 Å². The minimum atomic E-state index is 0.0537. The van der Waals surface area contributed by atoms with Crippen molar-refractivity contribution in [3.8, 4) is 11.1 Å². The molecule has 1 aromatic carbocycles. The number of rotatable bonds is 7. The first-order valence-corrected chi connectivity index (χ1v) is 10.5. The molecule has 4 N–H and O–H groups in total. The first kappa shape index (κ1) is 19.4. The average Bonchev–Trinajstić information content (AvgIpc) is 3.46. The zero-order valence-electron chi connectivity index (χ0n) is 16.4. The van der Waals surface area contributed by atoms with Crippen molar-refractivity contribution in [3.05, 3.63) is 42.6 Å². The molecule has 4 rings (SSSR count). The van der Waals surface area contributed by atoms with Crippen molar-refractivity contribution in [1.82, 2.24) is 15.3 Å². The van der Waals surface area contributed by atoms with Gasteiger partial charge in [-0.1, -0.05) is 25.5 Å². The molecule has 0 radical (unpaired) electrons. The number of hydrogen-bond acceptors (Lipinski definition) is 3. The van der Waals surface area contributed by atoms with Crippen LogP contribution >= 0.6 is 12.2 Å². The number of hydrogen-bond donors (Lipinski definition) is 4. The van der Waals surface area contributed by atoms with Gasteiger partial charge in [-0.15, -0.1) is 0 Å². The normalized spacial score (nSPS) is 13.3. The van der Waals surface area contributed by atoms with E-state index in [9.17, 15) is 4.79 Å². The molecular weight excluding hydrogens is 382 g/mol. The molecule has 29 heavy (non-hydrogen) atoms. The third-order valence-corrected chi connectivity index (χ3v) is 5.24. The fourth-order valence-corrected chi connectivity index (χ4v) is 3.42. The molecule has 3 aromatic rings. The number of anilines is 2. The Bertz CT molecular complexity index is 1020. The molecule has 6 nitrogen and oxygen atoms in total. The molecule has 1 fully saturated rings. The summed E-state index contributed by atoms with van der Waals surface area (Å²) >= 11 is 5.34. The van der Waals surface area contributed by atoms with Crippen molar-refractivity contribution < 1.29 is 4.79 Å². The number of nitrogens with one attached hydrogen (secondary N) is 4. The molecule has 2 aromatic heterocycles. The number of thiocarbonyl (C=S) groups is 1. The van der Waals surface area contributed by atoms with E-state index in [1.807, 2.05) is 42.6 Å². The van der Waals surface area contributed by atoms with Gasteiger partial charge < -0.3 is 20.9 Å². The van der Waals surface area contributed by atoms with Crippen LogP contribution in [0.15, 0.2) is 42.6 Å². The summed E-state index contributed by atoms with van der Waals surface area (Å²) in [5.74, 6) is 0.771. The maximum Gasteiger partial charge on any atom is 0.228 e. The van der Waals surface area contributed by atoms with Crippen LogP contribution in [0, 0.1) is 5.92 Å². The number of aromatic nitrogens is 2. The first-order valence-electron chi connectivity index (χ1n) is 10.1.